The van der Waals surface area contributed by atoms with Crippen LogP contribution in [0.1, 0.15) is 21.5 Å². The lowest BCUT2D eigenvalue weighted by Gasteiger charge is -2.29. The third-order valence-electron chi connectivity index (χ3n) is 5.00. The predicted octanol–water partition coefficient (Wildman–Crippen LogP) is 2.99. The number of hydrogen-bond acceptors (Lipinski definition) is 4. The fourth-order valence-electron chi connectivity index (χ4n) is 3.55. The summed E-state index contributed by atoms with van der Waals surface area (Å²) < 4.78 is 1.83. The number of carbonyl (C=O) groups is 1. The van der Waals surface area contributed by atoms with Gasteiger partial charge in [0, 0.05) is 36.6 Å². The zero-order valence-corrected chi connectivity index (χ0v) is 14.6. The minimum Gasteiger partial charge on any atom is -0.334 e. The van der Waals surface area contributed by atoms with Crippen LogP contribution in [0.5, 0.6) is 0 Å². The van der Waals surface area contributed by atoms with Gasteiger partial charge in [0.05, 0.1) is 0 Å². The maximum atomic E-state index is 12.9. The van der Waals surface area contributed by atoms with Crippen molar-refractivity contribution in [2.45, 2.75) is 13.0 Å². The van der Waals surface area contributed by atoms with Crippen LogP contribution in [0.2, 0.25) is 0 Å². The van der Waals surface area contributed by atoms with E-state index in [2.05, 4.69) is 33.4 Å². The maximum Gasteiger partial charge on any atom is 0.255 e. The second-order valence-corrected chi connectivity index (χ2v) is 6.64. The summed E-state index contributed by atoms with van der Waals surface area (Å²) in [6.07, 6.45) is 4.47. The summed E-state index contributed by atoms with van der Waals surface area (Å²) in [6.45, 7) is 1.41. The maximum absolute atomic E-state index is 12.9. The molecule has 0 fully saturated rings. The highest BCUT2D eigenvalue weighted by Crippen LogP contribution is 2.22. The molecule has 0 spiro atoms. The molecule has 6 heteroatoms. The number of rotatable bonds is 2. The molecule has 5 rings (SSSR count). The molecule has 0 aliphatic carbocycles. The van der Waals surface area contributed by atoms with Crippen molar-refractivity contribution in [3.8, 4) is 11.4 Å². The Morgan fingerprint density at radius 3 is 2.59 bits per heavy atom. The number of benzene rings is 2. The van der Waals surface area contributed by atoms with Gasteiger partial charge in [-0.1, -0.05) is 36.4 Å². The molecule has 0 N–H and O–H groups in total. The first-order chi connectivity index (χ1) is 13.3. The predicted molar refractivity (Wildman–Crippen MR) is 101 cm³/mol. The summed E-state index contributed by atoms with van der Waals surface area (Å²) in [7, 11) is 0. The summed E-state index contributed by atoms with van der Waals surface area (Å²) in [5.41, 5.74) is 4.15. The topological polar surface area (TPSA) is 63.4 Å². The van der Waals surface area contributed by atoms with Gasteiger partial charge in [-0.3, -0.25) is 9.20 Å². The number of hydrogen-bond donors (Lipinski definition) is 0. The van der Waals surface area contributed by atoms with Gasteiger partial charge in [0.2, 0.25) is 0 Å². The van der Waals surface area contributed by atoms with E-state index in [1.54, 1.807) is 6.20 Å². The van der Waals surface area contributed by atoms with Crippen molar-refractivity contribution in [2.24, 2.45) is 0 Å². The number of fused-ring (bicyclic) bond motifs is 2. The molecule has 4 aromatic rings. The van der Waals surface area contributed by atoms with Gasteiger partial charge >= 0.3 is 0 Å². The van der Waals surface area contributed by atoms with Crippen LogP contribution in [0.4, 0.5) is 0 Å². The third kappa shape index (κ3) is 2.75. The molecule has 0 radical (unpaired) electrons. The zero-order chi connectivity index (χ0) is 18.2. The van der Waals surface area contributed by atoms with Gasteiger partial charge < -0.3 is 4.90 Å². The highest BCUT2D eigenvalue weighted by Gasteiger charge is 2.21. The van der Waals surface area contributed by atoms with Crippen LogP contribution in [-0.2, 0) is 13.0 Å². The lowest BCUT2D eigenvalue weighted by molar-refractivity contribution is 0.0734. The fourth-order valence-corrected chi connectivity index (χ4v) is 3.55. The van der Waals surface area contributed by atoms with Crippen molar-refractivity contribution in [3.05, 3.63) is 83.7 Å². The van der Waals surface area contributed by atoms with Crippen LogP contribution in [0.3, 0.4) is 0 Å². The second-order valence-electron chi connectivity index (χ2n) is 6.64. The van der Waals surface area contributed by atoms with E-state index in [1.165, 1.54) is 11.1 Å². The van der Waals surface area contributed by atoms with Crippen LogP contribution in [0.25, 0.3) is 17.2 Å². The average Bonchev–Trinajstić information content (AvgIpc) is 3.17. The Morgan fingerprint density at radius 1 is 0.926 bits per heavy atom. The highest BCUT2D eigenvalue weighted by atomic mass is 16.2. The van der Waals surface area contributed by atoms with Crippen LogP contribution in [0.15, 0.2) is 67.0 Å². The van der Waals surface area contributed by atoms with E-state index < -0.39 is 0 Å². The van der Waals surface area contributed by atoms with Crippen molar-refractivity contribution >= 4 is 11.7 Å². The Morgan fingerprint density at radius 2 is 1.74 bits per heavy atom. The molecule has 2 aromatic carbocycles. The second kappa shape index (κ2) is 6.32. The van der Waals surface area contributed by atoms with Crippen molar-refractivity contribution < 1.29 is 4.79 Å². The Balaban J connectivity index is 1.40. The van der Waals surface area contributed by atoms with Gasteiger partial charge in [-0.2, -0.15) is 0 Å². The van der Waals surface area contributed by atoms with Crippen LogP contribution < -0.4 is 0 Å². The molecule has 6 nitrogen and oxygen atoms in total. The molecule has 0 atom stereocenters. The van der Waals surface area contributed by atoms with Crippen molar-refractivity contribution in [2.75, 3.05) is 6.54 Å². The van der Waals surface area contributed by atoms with E-state index in [0.717, 1.165) is 18.5 Å². The molecule has 0 bridgehead atoms. The lowest BCUT2D eigenvalue weighted by Crippen LogP contribution is -2.35. The summed E-state index contributed by atoms with van der Waals surface area (Å²) in [4.78, 5) is 19.0. The first-order valence-electron chi connectivity index (χ1n) is 8.92. The van der Waals surface area contributed by atoms with Gasteiger partial charge in [-0.25, -0.2) is 4.98 Å². The van der Waals surface area contributed by atoms with Crippen molar-refractivity contribution in [1.82, 2.24) is 24.5 Å². The Bertz CT molecular complexity index is 1130. The molecule has 132 valence electrons. The van der Waals surface area contributed by atoms with Crippen molar-refractivity contribution in [3.63, 3.8) is 0 Å². The molecule has 0 saturated heterocycles. The monoisotopic (exact) mass is 355 g/mol. The number of aromatic nitrogens is 4. The van der Waals surface area contributed by atoms with Gasteiger partial charge in [-0.15, -0.1) is 10.2 Å². The summed E-state index contributed by atoms with van der Waals surface area (Å²) >= 11 is 0. The van der Waals surface area contributed by atoms with Crippen LogP contribution in [-0.4, -0.2) is 36.9 Å². The first kappa shape index (κ1) is 15.7. The van der Waals surface area contributed by atoms with E-state index in [4.69, 9.17) is 0 Å². The Hall–Kier alpha value is -3.54. The largest absolute Gasteiger partial charge is 0.334 e. The lowest BCUT2D eigenvalue weighted by atomic mass is 9.99. The quantitative estimate of drug-likeness (QED) is 0.554. The third-order valence-corrected chi connectivity index (χ3v) is 5.00. The van der Waals surface area contributed by atoms with Gasteiger partial charge in [0.25, 0.3) is 11.7 Å². The number of nitrogens with zero attached hydrogens (tertiary/aromatic N) is 5. The number of carbonyl (C=O) groups excluding carboxylic acids is 1. The first-order valence-corrected chi connectivity index (χ1v) is 8.92. The van der Waals surface area contributed by atoms with Gasteiger partial charge in [0.15, 0.2) is 5.82 Å². The van der Waals surface area contributed by atoms with E-state index in [9.17, 15) is 4.79 Å². The molecule has 2 aromatic heterocycles. The number of amides is 1. The molecule has 1 amide bonds. The minimum absolute atomic E-state index is 0.0591. The summed E-state index contributed by atoms with van der Waals surface area (Å²) in [6, 6.07) is 17.7. The average molecular weight is 355 g/mol. The Kier molecular flexibility index (Phi) is 3.67. The molecule has 1 aliphatic rings. The molecule has 1 aliphatic heterocycles. The zero-order valence-electron chi connectivity index (χ0n) is 14.6. The van der Waals surface area contributed by atoms with E-state index >= 15 is 0 Å². The van der Waals surface area contributed by atoms with Gasteiger partial charge in [0.1, 0.15) is 0 Å². The van der Waals surface area contributed by atoms with Gasteiger partial charge in [-0.05, 0) is 35.7 Å². The molecule has 27 heavy (non-hydrogen) atoms. The molecule has 3 heterocycles. The summed E-state index contributed by atoms with van der Waals surface area (Å²) in [5, 5.41) is 8.28. The standard InChI is InChI=1S/C21H17N5O/c27-20(25-13-10-15-4-1-2-5-18(15)14-25)17-8-6-16(7-9-17)19-23-24-21-22-11-3-12-26(19)21/h1-9,11-12H,10,13-14H2. The molecular formula is C21H17N5O. The highest BCUT2D eigenvalue weighted by molar-refractivity contribution is 5.94. The molecular weight excluding hydrogens is 338 g/mol. The molecule has 0 unspecified atom stereocenters. The smallest absolute Gasteiger partial charge is 0.255 e. The van der Waals surface area contributed by atoms with Crippen LogP contribution in [0, 0.1) is 0 Å². The summed E-state index contributed by atoms with van der Waals surface area (Å²) in [5.74, 6) is 1.33. The van der Waals surface area contributed by atoms with E-state index in [-0.39, 0.29) is 5.91 Å². The van der Waals surface area contributed by atoms with E-state index in [0.29, 0.717) is 23.7 Å². The Labute approximate surface area is 156 Å². The van der Waals surface area contributed by atoms with Crippen LogP contribution >= 0.6 is 0 Å². The minimum atomic E-state index is 0.0591. The van der Waals surface area contributed by atoms with E-state index in [1.807, 2.05) is 51.9 Å². The van der Waals surface area contributed by atoms with Crippen molar-refractivity contribution in [1.29, 1.82) is 0 Å². The SMILES string of the molecule is O=C(c1ccc(-c2nnc3ncccn23)cc1)N1CCc2ccccc2C1. The fraction of sp³-hybridized carbons (Fsp3) is 0.143. The normalized spacial score (nSPS) is 13.6. The molecule has 0 saturated carbocycles.